The highest BCUT2D eigenvalue weighted by molar-refractivity contribution is 6.32. The smallest absolute Gasteiger partial charge is 0.252 e. The Hall–Kier alpha value is -3.38. The number of hydrogen-bond acceptors (Lipinski definition) is 4. The molecule has 168 valence electrons. The molecule has 2 aromatic carbocycles. The molecular formula is C26H25ClN4O2. The van der Waals surface area contributed by atoms with E-state index in [9.17, 15) is 4.79 Å². The SMILES string of the molecule is Cc1cc(C(=O)N[C@H](C)c2ccc3c(c2)OCCC3)c2c(C)nn(-c3ccccc3Cl)c2n1. The van der Waals surface area contributed by atoms with Crippen molar-refractivity contribution in [2.24, 2.45) is 0 Å². The first kappa shape index (κ1) is 21.5. The molecule has 0 bridgehead atoms. The van der Waals surface area contributed by atoms with E-state index in [1.165, 1.54) is 5.56 Å². The Morgan fingerprint density at radius 1 is 1.18 bits per heavy atom. The van der Waals surface area contributed by atoms with Crippen LogP contribution in [0.5, 0.6) is 5.75 Å². The Kier molecular flexibility index (Phi) is 5.54. The number of rotatable bonds is 4. The summed E-state index contributed by atoms with van der Waals surface area (Å²) in [5.74, 6) is 0.748. The first-order chi connectivity index (χ1) is 15.9. The van der Waals surface area contributed by atoms with Gasteiger partial charge in [0.1, 0.15) is 5.75 Å². The second-order valence-corrected chi connectivity index (χ2v) is 8.88. The van der Waals surface area contributed by atoms with Crippen molar-refractivity contribution in [3.8, 4) is 11.4 Å². The lowest BCUT2D eigenvalue weighted by Crippen LogP contribution is -2.27. The molecule has 1 aliphatic heterocycles. The number of nitrogens with one attached hydrogen (secondary N) is 1. The maximum atomic E-state index is 13.4. The Bertz CT molecular complexity index is 1380. The highest BCUT2D eigenvalue weighted by atomic mass is 35.5. The molecule has 0 saturated heterocycles. The predicted molar refractivity (Wildman–Crippen MR) is 129 cm³/mol. The summed E-state index contributed by atoms with van der Waals surface area (Å²) in [6, 6.07) is 15.3. The van der Waals surface area contributed by atoms with Crippen LogP contribution < -0.4 is 10.1 Å². The zero-order valence-electron chi connectivity index (χ0n) is 18.9. The van der Waals surface area contributed by atoms with E-state index in [1.54, 1.807) is 4.68 Å². The van der Waals surface area contributed by atoms with Crippen molar-refractivity contribution in [2.75, 3.05) is 6.61 Å². The zero-order chi connectivity index (χ0) is 23.1. The van der Waals surface area contributed by atoms with Crippen LogP contribution in [0.4, 0.5) is 0 Å². The lowest BCUT2D eigenvalue weighted by Gasteiger charge is -2.21. The molecular weight excluding hydrogens is 436 g/mol. The number of hydrogen-bond donors (Lipinski definition) is 1. The molecule has 33 heavy (non-hydrogen) atoms. The van der Waals surface area contributed by atoms with E-state index in [0.29, 0.717) is 16.2 Å². The fourth-order valence-electron chi connectivity index (χ4n) is 4.37. The standard InChI is InChI=1S/C26H25ClN4O2/c1-15-13-20(24-17(3)30-31(25(24)28-15)22-9-5-4-8-21(22)27)26(32)29-16(2)19-11-10-18-7-6-12-33-23(18)14-19/h4-5,8-11,13-14,16H,6-7,12H2,1-3H3,(H,29,32)/t16-/m1/s1. The summed E-state index contributed by atoms with van der Waals surface area (Å²) in [5, 5.41) is 9.09. The van der Waals surface area contributed by atoms with Gasteiger partial charge in [-0.2, -0.15) is 5.10 Å². The van der Waals surface area contributed by atoms with Crippen LogP contribution in [0.1, 0.15) is 52.3 Å². The Labute approximate surface area is 197 Å². The van der Waals surface area contributed by atoms with Crippen molar-refractivity contribution in [1.82, 2.24) is 20.1 Å². The van der Waals surface area contributed by atoms with E-state index in [0.717, 1.165) is 53.2 Å². The fraction of sp³-hybridized carbons (Fsp3) is 0.269. The number of amides is 1. The van der Waals surface area contributed by atoms with E-state index in [2.05, 4.69) is 27.5 Å². The van der Waals surface area contributed by atoms with Crippen LogP contribution in [0.3, 0.4) is 0 Å². The van der Waals surface area contributed by atoms with Gasteiger partial charge in [0.25, 0.3) is 5.91 Å². The minimum Gasteiger partial charge on any atom is -0.493 e. The van der Waals surface area contributed by atoms with E-state index >= 15 is 0 Å². The van der Waals surface area contributed by atoms with Gasteiger partial charge in [-0.25, -0.2) is 9.67 Å². The quantitative estimate of drug-likeness (QED) is 0.436. The minimum absolute atomic E-state index is 0.168. The number of fused-ring (bicyclic) bond motifs is 2. The molecule has 4 aromatic rings. The van der Waals surface area contributed by atoms with Gasteiger partial charge in [-0.05, 0) is 69.0 Å². The van der Waals surface area contributed by atoms with Crippen LogP contribution in [-0.4, -0.2) is 27.3 Å². The van der Waals surface area contributed by atoms with Gasteiger partial charge < -0.3 is 10.1 Å². The van der Waals surface area contributed by atoms with Gasteiger partial charge in [0, 0.05) is 5.69 Å². The number of carbonyl (C=O) groups excluding carboxylic acids is 1. The number of pyridine rings is 1. The van der Waals surface area contributed by atoms with E-state index in [1.807, 2.05) is 57.2 Å². The van der Waals surface area contributed by atoms with Crippen molar-refractivity contribution in [1.29, 1.82) is 0 Å². The lowest BCUT2D eigenvalue weighted by atomic mass is 10.0. The van der Waals surface area contributed by atoms with Crippen LogP contribution in [0, 0.1) is 13.8 Å². The molecule has 0 spiro atoms. The summed E-state index contributed by atoms with van der Waals surface area (Å²) >= 11 is 6.42. The number of para-hydroxylation sites is 1. The van der Waals surface area contributed by atoms with Crippen LogP contribution in [0.15, 0.2) is 48.5 Å². The number of nitrogens with zero attached hydrogens (tertiary/aromatic N) is 3. The lowest BCUT2D eigenvalue weighted by molar-refractivity contribution is 0.0941. The number of carbonyl (C=O) groups is 1. The molecule has 7 heteroatoms. The maximum absolute atomic E-state index is 13.4. The molecule has 2 aromatic heterocycles. The molecule has 0 fully saturated rings. The maximum Gasteiger partial charge on any atom is 0.252 e. The Morgan fingerprint density at radius 3 is 2.82 bits per heavy atom. The molecule has 0 radical (unpaired) electrons. The molecule has 5 rings (SSSR count). The number of ether oxygens (including phenoxy) is 1. The first-order valence-corrected chi connectivity index (χ1v) is 11.5. The van der Waals surface area contributed by atoms with Crippen LogP contribution in [0.25, 0.3) is 16.7 Å². The van der Waals surface area contributed by atoms with Gasteiger partial charge >= 0.3 is 0 Å². The number of aromatic nitrogens is 3. The van der Waals surface area contributed by atoms with E-state index in [4.69, 9.17) is 16.3 Å². The van der Waals surface area contributed by atoms with Gasteiger partial charge in [0.05, 0.1) is 40.0 Å². The van der Waals surface area contributed by atoms with Crippen LogP contribution >= 0.6 is 11.6 Å². The van der Waals surface area contributed by atoms with E-state index in [-0.39, 0.29) is 11.9 Å². The molecule has 1 aliphatic rings. The second-order valence-electron chi connectivity index (χ2n) is 8.47. The summed E-state index contributed by atoms with van der Waals surface area (Å²) in [5.41, 5.74) is 5.57. The molecule has 0 unspecified atom stereocenters. The average Bonchev–Trinajstić information content (AvgIpc) is 3.14. The molecule has 1 N–H and O–H groups in total. The number of aryl methyl sites for hydroxylation is 3. The monoisotopic (exact) mass is 460 g/mol. The van der Waals surface area contributed by atoms with Crippen LogP contribution in [0.2, 0.25) is 5.02 Å². The Balaban J connectivity index is 1.51. The second kappa shape index (κ2) is 8.52. The van der Waals surface area contributed by atoms with Gasteiger partial charge in [0.2, 0.25) is 0 Å². The summed E-state index contributed by atoms with van der Waals surface area (Å²) in [4.78, 5) is 18.1. The summed E-state index contributed by atoms with van der Waals surface area (Å²) in [6.07, 6.45) is 2.07. The zero-order valence-corrected chi connectivity index (χ0v) is 19.6. The molecule has 3 heterocycles. The van der Waals surface area contributed by atoms with Gasteiger partial charge in [-0.15, -0.1) is 0 Å². The highest BCUT2D eigenvalue weighted by Gasteiger charge is 2.22. The van der Waals surface area contributed by atoms with Gasteiger partial charge in [-0.1, -0.05) is 35.9 Å². The first-order valence-electron chi connectivity index (χ1n) is 11.1. The largest absolute Gasteiger partial charge is 0.493 e. The van der Waals surface area contributed by atoms with Gasteiger partial charge in [0.15, 0.2) is 5.65 Å². The van der Waals surface area contributed by atoms with Crippen molar-refractivity contribution < 1.29 is 9.53 Å². The summed E-state index contributed by atoms with van der Waals surface area (Å²) < 4.78 is 7.51. The molecule has 0 saturated carbocycles. The topological polar surface area (TPSA) is 69.0 Å². The average molecular weight is 461 g/mol. The van der Waals surface area contributed by atoms with E-state index < -0.39 is 0 Å². The fourth-order valence-corrected chi connectivity index (χ4v) is 4.58. The van der Waals surface area contributed by atoms with Crippen molar-refractivity contribution >= 4 is 28.5 Å². The number of halogens is 1. The normalized spacial score (nSPS) is 13.9. The summed E-state index contributed by atoms with van der Waals surface area (Å²) in [7, 11) is 0. The minimum atomic E-state index is -0.184. The molecule has 1 amide bonds. The molecule has 0 aliphatic carbocycles. The highest BCUT2D eigenvalue weighted by Crippen LogP contribution is 2.30. The number of benzene rings is 2. The van der Waals surface area contributed by atoms with Crippen LogP contribution in [-0.2, 0) is 6.42 Å². The van der Waals surface area contributed by atoms with Crippen molar-refractivity contribution in [3.05, 3.63) is 81.6 Å². The third-order valence-corrected chi connectivity index (χ3v) is 6.37. The summed E-state index contributed by atoms with van der Waals surface area (Å²) in [6.45, 7) is 6.47. The third kappa shape index (κ3) is 3.95. The van der Waals surface area contributed by atoms with Gasteiger partial charge in [-0.3, -0.25) is 4.79 Å². The Morgan fingerprint density at radius 2 is 2.00 bits per heavy atom. The predicted octanol–water partition coefficient (Wildman–Crippen LogP) is 5.51. The molecule has 1 atom stereocenters. The van der Waals surface area contributed by atoms with Crippen molar-refractivity contribution in [2.45, 2.75) is 39.7 Å². The third-order valence-electron chi connectivity index (χ3n) is 6.05. The molecule has 6 nitrogen and oxygen atoms in total. The van der Waals surface area contributed by atoms with Crippen molar-refractivity contribution in [3.63, 3.8) is 0 Å².